The van der Waals surface area contributed by atoms with E-state index in [1.807, 2.05) is 0 Å². The zero-order valence-electron chi connectivity index (χ0n) is 12.5. The molecule has 0 amide bonds. The van der Waals surface area contributed by atoms with Crippen LogP contribution in [0.4, 0.5) is 0 Å². The smallest absolute Gasteiger partial charge is 0.309 e. The molecule has 0 heterocycles. The number of methoxy groups -OCH3 is 2. The minimum atomic E-state index is -0.897. The van der Waals surface area contributed by atoms with Gasteiger partial charge < -0.3 is 19.7 Å². The van der Waals surface area contributed by atoms with E-state index in [0.717, 1.165) is 0 Å². The molecule has 124 valence electrons. The van der Waals surface area contributed by atoms with E-state index in [0.29, 0.717) is 25.7 Å². The van der Waals surface area contributed by atoms with Gasteiger partial charge >= 0.3 is 23.9 Å². The lowest BCUT2D eigenvalue weighted by molar-refractivity contribution is -0.162. The van der Waals surface area contributed by atoms with Crippen molar-refractivity contribution in [2.75, 3.05) is 14.2 Å². The number of rotatable bonds is 4. The fourth-order valence-electron chi connectivity index (χ4n) is 2.46. The SMILES string of the molecule is COC(=O)[C@@H]1CC[C@H]1C(=O)O.COC(=O)[C@H]1CC[C@@H]1C(=O)O. The maximum Gasteiger partial charge on any atom is 0.309 e. The van der Waals surface area contributed by atoms with Gasteiger partial charge in [0.2, 0.25) is 0 Å². The molecule has 2 fully saturated rings. The van der Waals surface area contributed by atoms with Gasteiger partial charge in [0.15, 0.2) is 0 Å². The van der Waals surface area contributed by atoms with Crippen LogP contribution >= 0.6 is 0 Å². The molecule has 2 aliphatic rings. The summed E-state index contributed by atoms with van der Waals surface area (Å²) in [6, 6.07) is 0. The Morgan fingerprint density at radius 2 is 0.955 bits per heavy atom. The third kappa shape index (κ3) is 3.96. The molecule has 2 saturated carbocycles. The first-order chi connectivity index (χ1) is 10.3. The van der Waals surface area contributed by atoms with Crippen LogP contribution in [-0.4, -0.2) is 48.3 Å². The molecule has 0 aliphatic heterocycles. The van der Waals surface area contributed by atoms with Gasteiger partial charge in [0.25, 0.3) is 0 Å². The number of carbonyl (C=O) groups excluding carboxylic acids is 2. The Morgan fingerprint density at radius 1 is 0.682 bits per heavy atom. The Bertz CT molecular complexity index is 416. The van der Waals surface area contributed by atoms with Crippen LogP contribution in [-0.2, 0) is 28.7 Å². The van der Waals surface area contributed by atoms with Gasteiger partial charge in [-0.2, -0.15) is 0 Å². The summed E-state index contributed by atoms with van der Waals surface area (Å²) < 4.78 is 8.86. The van der Waals surface area contributed by atoms with Crippen LogP contribution in [0.3, 0.4) is 0 Å². The van der Waals surface area contributed by atoms with Crippen molar-refractivity contribution in [1.29, 1.82) is 0 Å². The van der Waals surface area contributed by atoms with E-state index in [1.165, 1.54) is 14.2 Å². The fraction of sp³-hybridized carbons (Fsp3) is 0.714. The normalized spacial score (nSPS) is 28.8. The second kappa shape index (κ2) is 7.77. The highest BCUT2D eigenvalue weighted by Crippen LogP contribution is 2.35. The average Bonchev–Trinajstić information content (AvgIpc) is 2.35. The molecule has 0 spiro atoms. The molecular formula is C14H20O8. The molecule has 2 N–H and O–H groups in total. The predicted molar refractivity (Wildman–Crippen MR) is 71.7 cm³/mol. The van der Waals surface area contributed by atoms with Crippen molar-refractivity contribution < 1.29 is 38.9 Å². The highest BCUT2D eigenvalue weighted by molar-refractivity contribution is 5.83. The molecule has 2 aliphatic carbocycles. The number of esters is 2. The van der Waals surface area contributed by atoms with Crippen molar-refractivity contribution >= 4 is 23.9 Å². The number of carboxylic acids is 2. The minimum Gasteiger partial charge on any atom is -0.481 e. The van der Waals surface area contributed by atoms with Crippen LogP contribution in [0.2, 0.25) is 0 Å². The number of hydrogen-bond acceptors (Lipinski definition) is 6. The molecule has 0 radical (unpaired) electrons. The van der Waals surface area contributed by atoms with Crippen LogP contribution in [0.25, 0.3) is 0 Å². The van der Waals surface area contributed by atoms with Crippen LogP contribution in [0.5, 0.6) is 0 Å². The molecular weight excluding hydrogens is 296 g/mol. The Kier molecular flexibility index (Phi) is 6.33. The van der Waals surface area contributed by atoms with Gasteiger partial charge in [0.1, 0.15) is 0 Å². The van der Waals surface area contributed by atoms with Crippen molar-refractivity contribution in [2.45, 2.75) is 25.7 Å². The summed E-state index contributed by atoms with van der Waals surface area (Å²) in [5.74, 6) is -4.43. The van der Waals surface area contributed by atoms with Gasteiger partial charge in [-0.3, -0.25) is 19.2 Å². The molecule has 8 nitrogen and oxygen atoms in total. The second-order valence-corrected chi connectivity index (χ2v) is 5.30. The van der Waals surface area contributed by atoms with E-state index < -0.39 is 47.5 Å². The summed E-state index contributed by atoms with van der Waals surface area (Å²) >= 11 is 0. The molecule has 0 saturated heterocycles. The Morgan fingerprint density at radius 3 is 1.09 bits per heavy atom. The number of carboxylic acid groups (broad SMARTS) is 2. The van der Waals surface area contributed by atoms with Crippen molar-refractivity contribution in [2.24, 2.45) is 23.7 Å². The topological polar surface area (TPSA) is 127 Å². The molecule has 0 aromatic carbocycles. The minimum absolute atomic E-state index is 0.399. The summed E-state index contributed by atoms with van der Waals surface area (Å²) in [5.41, 5.74) is 0. The number of aliphatic carboxylic acids is 2. The first-order valence-electron chi connectivity index (χ1n) is 6.94. The summed E-state index contributed by atoms with van der Waals surface area (Å²) in [4.78, 5) is 42.5. The fourth-order valence-corrected chi connectivity index (χ4v) is 2.46. The second-order valence-electron chi connectivity index (χ2n) is 5.30. The molecule has 0 unspecified atom stereocenters. The number of hydrogen-bond donors (Lipinski definition) is 2. The van der Waals surface area contributed by atoms with Crippen molar-refractivity contribution in [3.8, 4) is 0 Å². The molecule has 2 rings (SSSR count). The third-order valence-electron chi connectivity index (χ3n) is 4.19. The molecule has 0 aromatic heterocycles. The monoisotopic (exact) mass is 316 g/mol. The van der Waals surface area contributed by atoms with E-state index in [4.69, 9.17) is 10.2 Å². The standard InChI is InChI=1S/2C7H10O4/c2*1-11-7(10)5-3-2-4(5)6(8)9/h2*4-5H,2-3H2,1H3,(H,8,9)/t2*4-,5-/m10/s1. The number of ether oxygens (including phenoxy) is 2. The van der Waals surface area contributed by atoms with E-state index in [1.54, 1.807) is 0 Å². The lowest BCUT2D eigenvalue weighted by Gasteiger charge is -2.30. The maximum absolute atomic E-state index is 10.8. The molecule has 22 heavy (non-hydrogen) atoms. The van der Waals surface area contributed by atoms with Gasteiger partial charge in [-0.15, -0.1) is 0 Å². The van der Waals surface area contributed by atoms with Gasteiger partial charge in [-0.05, 0) is 25.7 Å². The zero-order chi connectivity index (χ0) is 16.9. The quantitative estimate of drug-likeness (QED) is 0.719. The van der Waals surface area contributed by atoms with Gasteiger partial charge in [-0.1, -0.05) is 0 Å². The maximum atomic E-state index is 10.8. The summed E-state index contributed by atoms with van der Waals surface area (Å²) in [7, 11) is 2.55. The average molecular weight is 316 g/mol. The van der Waals surface area contributed by atoms with Crippen molar-refractivity contribution in [3.05, 3.63) is 0 Å². The number of carbonyl (C=O) groups is 4. The van der Waals surface area contributed by atoms with Crippen molar-refractivity contribution in [3.63, 3.8) is 0 Å². The van der Waals surface area contributed by atoms with E-state index in [-0.39, 0.29) is 0 Å². The Labute approximate surface area is 127 Å². The molecule has 0 bridgehead atoms. The van der Waals surface area contributed by atoms with E-state index in [9.17, 15) is 19.2 Å². The Balaban J connectivity index is 0.000000220. The Hall–Kier alpha value is -2.12. The van der Waals surface area contributed by atoms with Crippen molar-refractivity contribution in [1.82, 2.24) is 0 Å². The molecule has 8 heteroatoms. The predicted octanol–water partition coefficient (Wildman–Crippen LogP) is 0.540. The first kappa shape index (κ1) is 17.9. The van der Waals surface area contributed by atoms with Gasteiger partial charge in [-0.25, -0.2) is 0 Å². The van der Waals surface area contributed by atoms with Crippen LogP contribution < -0.4 is 0 Å². The highest BCUT2D eigenvalue weighted by atomic mass is 16.5. The largest absolute Gasteiger partial charge is 0.481 e. The van der Waals surface area contributed by atoms with Gasteiger partial charge in [0, 0.05) is 0 Å². The van der Waals surface area contributed by atoms with E-state index >= 15 is 0 Å². The third-order valence-corrected chi connectivity index (χ3v) is 4.19. The summed E-state index contributed by atoms with van der Waals surface area (Å²) in [6.45, 7) is 0. The van der Waals surface area contributed by atoms with E-state index in [2.05, 4.69) is 9.47 Å². The lowest BCUT2D eigenvalue weighted by atomic mass is 9.74. The first-order valence-corrected chi connectivity index (χ1v) is 6.94. The highest BCUT2D eigenvalue weighted by Gasteiger charge is 2.42. The summed E-state index contributed by atoms with van der Waals surface area (Å²) in [5, 5.41) is 17.1. The van der Waals surface area contributed by atoms with Crippen LogP contribution in [0, 0.1) is 23.7 Å². The van der Waals surface area contributed by atoms with Crippen LogP contribution in [0.1, 0.15) is 25.7 Å². The molecule has 4 atom stereocenters. The van der Waals surface area contributed by atoms with Crippen LogP contribution in [0.15, 0.2) is 0 Å². The molecule has 0 aromatic rings. The zero-order valence-corrected chi connectivity index (χ0v) is 12.5. The van der Waals surface area contributed by atoms with Gasteiger partial charge in [0.05, 0.1) is 37.9 Å². The lowest BCUT2D eigenvalue weighted by Crippen LogP contribution is -2.38. The summed E-state index contributed by atoms with van der Waals surface area (Å²) in [6.07, 6.45) is 2.47.